The van der Waals surface area contributed by atoms with Crippen molar-refractivity contribution in [3.05, 3.63) is 71.8 Å². The van der Waals surface area contributed by atoms with Crippen molar-refractivity contribution in [3.63, 3.8) is 0 Å². The Kier molecular flexibility index (Phi) is 6.57. The zero-order valence-electron chi connectivity index (χ0n) is 17.1. The maximum Gasteiger partial charge on any atom is 0.320 e. The third-order valence-corrected chi connectivity index (χ3v) is 5.26. The number of carbonyl (C=O) groups excluding carboxylic acids is 2. The Morgan fingerprint density at radius 2 is 1.50 bits per heavy atom. The predicted molar refractivity (Wildman–Crippen MR) is 113 cm³/mol. The van der Waals surface area contributed by atoms with E-state index in [1.807, 2.05) is 42.5 Å². The third-order valence-electron chi connectivity index (χ3n) is 5.26. The Morgan fingerprint density at radius 3 is 2.10 bits per heavy atom. The molecule has 0 amide bonds. The number of fused-ring (bicyclic) bond motifs is 1. The molecule has 0 saturated carbocycles. The predicted octanol–water partition coefficient (Wildman–Crippen LogP) is 4.04. The minimum Gasteiger partial charge on any atom is -0.508 e. The van der Waals surface area contributed by atoms with Crippen LogP contribution in [0.4, 0.5) is 0 Å². The third kappa shape index (κ3) is 4.22. The molecule has 0 radical (unpaired) electrons. The number of ether oxygens (including phenoxy) is 3. The van der Waals surface area contributed by atoms with Crippen LogP contribution in [0.5, 0.6) is 11.5 Å². The largest absolute Gasteiger partial charge is 0.508 e. The van der Waals surface area contributed by atoms with E-state index >= 15 is 0 Å². The smallest absolute Gasteiger partial charge is 0.320 e. The van der Waals surface area contributed by atoms with Gasteiger partial charge in [-0.3, -0.25) is 9.59 Å². The molecule has 0 heterocycles. The summed E-state index contributed by atoms with van der Waals surface area (Å²) >= 11 is 0. The number of rotatable bonds is 7. The molecule has 1 unspecified atom stereocenters. The fraction of sp³-hybridized carbons (Fsp3) is 0.250. The first kappa shape index (κ1) is 21.2. The van der Waals surface area contributed by atoms with Crippen LogP contribution in [0.1, 0.15) is 23.5 Å². The first-order chi connectivity index (χ1) is 14.5. The molecule has 156 valence electrons. The second-order valence-electron chi connectivity index (χ2n) is 6.88. The van der Waals surface area contributed by atoms with E-state index in [4.69, 9.17) is 14.2 Å². The van der Waals surface area contributed by atoms with Gasteiger partial charge >= 0.3 is 11.9 Å². The fourth-order valence-corrected chi connectivity index (χ4v) is 3.72. The van der Waals surface area contributed by atoms with Crippen LogP contribution in [0.15, 0.2) is 60.7 Å². The number of benzene rings is 3. The van der Waals surface area contributed by atoms with E-state index in [1.54, 1.807) is 25.3 Å². The number of aromatic hydroxyl groups is 1. The van der Waals surface area contributed by atoms with Gasteiger partial charge in [0, 0.05) is 11.5 Å². The highest BCUT2D eigenvalue weighted by molar-refractivity contribution is 5.95. The van der Waals surface area contributed by atoms with E-state index < -0.39 is 23.8 Å². The molecule has 3 aromatic rings. The van der Waals surface area contributed by atoms with Crippen molar-refractivity contribution in [3.8, 4) is 11.5 Å². The maximum atomic E-state index is 12.4. The molecule has 1 N–H and O–H groups in total. The van der Waals surface area contributed by atoms with Crippen LogP contribution in [0, 0.1) is 5.92 Å². The van der Waals surface area contributed by atoms with Gasteiger partial charge < -0.3 is 19.3 Å². The molecule has 0 bridgehead atoms. The SMILES string of the molecule is COC(=O)C(CC(c1ccc(OC)cc1)c1c(O)ccc2ccccc12)C(=O)OC. The standard InChI is InChI=1S/C24H24O6/c1-28-17-11-8-16(9-12-17)19(14-20(23(26)29-2)24(27)30-3)22-18-7-5-4-6-15(18)10-13-21(22)25/h4-13,19-20,25H,14H2,1-3H3. The zero-order chi connectivity index (χ0) is 21.7. The number of hydrogen-bond acceptors (Lipinski definition) is 6. The topological polar surface area (TPSA) is 82.1 Å². The van der Waals surface area contributed by atoms with Crippen molar-refractivity contribution in [1.82, 2.24) is 0 Å². The molecule has 3 rings (SSSR count). The van der Waals surface area contributed by atoms with E-state index in [1.165, 1.54) is 14.2 Å². The molecule has 0 aromatic heterocycles. The molecule has 0 aliphatic carbocycles. The molecule has 6 heteroatoms. The van der Waals surface area contributed by atoms with Crippen LogP contribution < -0.4 is 4.74 Å². The zero-order valence-corrected chi connectivity index (χ0v) is 17.1. The van der Waals surface area contributed by atoms with E-state index in [-0.39, 0.29) is 12.2 Å². The Bertz CT molecular complexity index is 1030. The lowest BCUT2D eigenvalue weighted by atomic mass is 9.81. The van der Waals surface area contributed by atoms with Gasteiger partial charge in [0.15, 0.2) is 5.92 Å². The van der Waals surface area contributed by atoms with E-state index in [0.29, 0.717) is 11.3 Å². The van der Waals surface area contributed by atoms with Gasteiger partial charge in [0.1, 0.15) is 11.5 Å². The molecule has 0 aliphatic rings. The van der Waals surface area contributed by atoms with Gasteiger partial charge in [-0.05, 0) is 41.0 Å². The van der Waals surface area contributed by atoms with Gasteiger partial charge in [-0.1, -0.05) is 42.5 Å². The summed E-state index contributed by atoms with van der Waals surface area (Å²) in [4.78, 5) is 24.7. The van der Waals surface area contributed by atoms with Gasteiger partial charge in [-0.15, -0.1) is 0 Å². The highest BCUT2D eigenvalue weighted by Crippen LogP contribution is 2.41. The van der Waals surface area contributed by atoms with Crippen LogP contribution in [-0.2, 0) is 19.1 Å². The highest BCUT2D eigenvalue weighted by atomic mass is 16.5. The fourth-order valence-electron chi connectivity index (χ4n) is 3.72. The summed E-state index contributed by atoms with van der Waals surface area (Å²) in [6.45, 7) is 0. The highest BCUT2D eigenvalue weighted by Gasteiger charge is 2.34. The Morgan fingerprint density at radius 1 is 0.867 bits per heavy atom. The first-order valence-corrected chi connectivity index (χ1v) is 9.50. The van der Waals surface area contributed by atoms with Gasteiger partial charge in [0.2, 0.25) is 0 Å². The van der Waals surface area contributed by atoms with Crippen LogP contribution >= 0.6 is 0 Å². The summed E-state index contributed by atoms with van der Waals surface area (Å²) in [7, 11) is 4.04. The van der Waals surface area contributed by atoms with Crippen molar-refractivity contribution in [1.29, 1.82) is 0 Å². The second-order valence-corrected chi connectivity index (χ2v) is 6.88. The molecule has 0 aliphatic heterocycles. The summed E-state index contributed by atoms with van der Waals surface area (Å²) in [6.07, 6.45) is 0.0766. The van der Waals surface area contributed by atoms with Crippen LogP contribution in [-0.4, -0.2) is 38.4 Å². The molecule has 1 atom stereocenters. The lowest BCUT2D eigenvalue weighted by molar-refractivity contribution is -0.159. The number of carbonyl (C=O) groups is 2. The molecule has 0 saturated heterocycles. The molecule has 6 nitrogen and oxygen atoms in total. The van der Waals surface area contributed by atoms with Gasteiger partial charge in [-0.2, -0.15) is 0 Å². The van der Waals surface area contributed by atoms with Crippen molar-refractivity contribution in [2.45, 2.75) is 12.3 Å². The number of esters is 2. The van der Waals surface area contributed by atoms with Gasteiger partial charge in [0.05, 0.1) is 21.3 Å². The summed E-state index contributed by atoms with van der Waals surface area (Å²) in [5.74, 6) is -2.20. The number of methoxy groups -OCH3 is 3. The molecular formula is C24H24O6. The normalized spacial score (nSPS) is 11.9. The van der Waals surface area contributed by atoms with Crippen LogP contribution in [0.3, 0.4) is 0 Å². The summed E-state index contributed by atoms with van der Waals surface area (Å²) in [5, 5.41) is 12.6. The van der Waals surface area contributed by atoms with Crippen LogP contribution in [0.2, 0.25) is 0 Å². The van der Waals surface area contributed by atoms with Gasteiger partial charge in [-0.25, -0.2) is 0 Å². The molecule has 0 fully saturated rings. The Balaban J connectivity index is 2.19. The van der Waals surface area contributed by atoms with Crippen molar-refractivity contribution >= 4 is 22.7 Å². The van der Waals surface area contributed by atoms with Crippen molar-refractivity contribution in [2.75, 3.05) is 21.3 Å². The lowest BCUT2D eigenvalue weighted by Gasteiger charge is -2.24. The molecule has 3 aromatic carbocycles. The van der Waals surface area contributed by atoms with Crippen molar-refractivity contribution in [2.24, 2.45) is 5.92 Å². The average molecular weight is 408 g/mol. The number of hydrogen-bond donors (Lipinski definition) is 1. The van der Waals surface area contributed by atoms with Gasteiger partial charge in [0.25, 0.3) is 0 Å². The lowest BCUT2D eigenvalue weighted by Crippen LogP contribution is -2.28. The molecule has 30 heavy (non-hydrogen) atoms. The van der Waals surface area contributed by atoms with E-state index in [0.717, 1.165) is 16.3 Å². The monoisotopic (exact) mass is 408 g/mol. The summed E-state index contributed by atoms with van der Waals surface area (Å²) in [6, 6.07) is 18.4. The minimum atomic E-state index is -1.13. The Labute approximate surface area is 175 Å². The summed E-state index contributed by atoms with van der Waals surface area (Å²) < 4.78 is 14.9. The van der Waals surface area contributed by atoms with Crippen molar-refractivity contribution < 1.29 is 28.9 Å². The van der Waals surface area contributed by atoms with E-state index in [9.17, 15) is 14.7 Å². The van der Waals surface area contributed by atoms with E-state index in [2.05, 4.69) is 0 Å². The summed E-state index contributed by atoms with van der Waals surface area (Å²) in [5.41, 5.74) is 1.45. The second kappa shape index (κ2) is 9.31. The van der Waals surface area contributed by atoms with Crippen LogP contribution in [0.25, 0.3) is 10.8 Å². The first-order valence-electron chi connectivity index (χ1n) is 9.50. The molecule has 0 spiro atoms. The maximum absolute atomic E-state index is 12.4. The molecular weight excluding hydrogens is 384 g/mol. The quantitative estimate of drug-likeness (QED) is 0.469. The Hall–Kier alpha value is -3.54. The minimum absolute atomic E-state index is 0.0766. The number of phenols is 1. The number of phenolic OH excluding ortho intramolecular Hbond substituents is 1. The average Bonchev–Trinajstić information content (AvgIpc) is 2.79.